The van der Waals surface area contributed by atoms with Crippen LogP contribution in [0.25, 0.3) is 0 Å². The Bertz CT molecular complexity index is 1530. The Morgan fingerprint density at radius 3 is 2.67 bits per heavy atom. The van der Waals surface area contributed by atoms with E-state index >= 15 is 0 Å². The number of phenols is 1. The molecular formula is C27H24ClFN8O3. The van der Waals surface area contributed by atoms with Crippen LogP contribution in [0.3, 0.4) is 0 Å². The zero-order chi connectivity index (χ0) is 27.9. The van der Waals surface area contributed by atoms with Gasteiger partial charge in [0.1, 0.15) is 12.3 Å². The van der Waals surface area contributed by atoms with Crippen molar-refractivity contribution in [1.82, 2.24) is 15.0 Å². The van der Waals surface area contributed by atoms with Crippen molar-refractivity contribution in [2.45, 2.75) is 6.54 Å². The predicted octanol–water partition coefficient (Wildman–Crippen LogP) is 5.49. The van der Waals surface area contributed by atoms with Gasteiger partial charge in [0.05, 0.1) is 37.0 Å². The van der Waals surface area contributed by atoms with Gasteiger partial charge in [-0.25, -0.2) is 9.37 Å². The Hall–Kier alpha value is -4.68. The normalized spacial score (nSPS) is 13.4. The lowest BCUT2D eigenvalue weighted by atomic mass is 10.1. The molecule has 1 aliphatic heterocycles. The van der Waals surface area contributed by atoms with Gasteiger partial charge in [0.15, 0.2) is 11.6 Å². The standard InChI is InChI=1S/C27H24ClFN8O3/c28-18-10-17(26(39)34-19-2-1-3-23(38)13-19)11-22(12-18)33-21-5-4-20(30-14-21)15-32-36-27-31-16-24(29)25(35-27)37-6-8-40-9-7-37/h1-5,10-14,16,33,38H,6-9,15H2,(H,34,39). The summed E-state index contributed by atoms with van der Waals surface area (Å²) >= 11 is 6.25. The number of azo groups is 1. The molecule has 0 radical (unpaired) electrons. The highest BCUT2D eigenvalue weighted by Crippen LogP contribution is 2.25. The summed E-state index contributed by atoms with van der Waals surface area (Å²) in [5, 5.41) is 24.0. The summed E-state index contributed by atoms with van der Waals surface area (Å²) in [4.78, 5) is 26.9. The molecule has 11 nitrogen and oxygen atoms in total. The molecule has 4 aromatic rings. The monoisotopic (exact) mass is 562 g/mol. The number of anilines is 4. The summed E-state index contributed by atoms with van der Waals surface area (Å²) in [5.74, 6) is -0.607. The first-order valence-electron chi connectivity index (χ1n) is 12.3. The Morgan fingerprint density at radius 1 is 1.05 bits per heavy atom. The minimum absolute atomic E-state index is 0.0466. The number of hydrogen-bond donors (Lipinski definition) is 3. The van der Waals surface area contributed by atoms with E-state index in [1.54, 1.807) is 53.6 Å². The van der Waals surface area contributed by atoms with Gasteiger partial charge in [-0.15, -0.1) is 5.11 Å². The smallest absolute Gasteiger partial charge is 0.270 e. The van der Waals surface area contributed by atoms with Gasteiger partial charge in [0.2, 0.25) is 0 Å². The zero-order valence-corrected chi connectivity index (χ0v) is 21.8. The van der Waals surface area contributed by atoms with E-state index in [-0.39, 0.29) is 30.0 Å². The Kier molecular flexibility index (Phi) is 8.38. The number of carbonyl (C=O) groups is 1. The third-order valence-corrected chi connectivity index (χ3v) is 6.01. The van der Waals surface area contributed by atoms with E-state index in [0.717, 1.165) is 6.20 Å². The van der Waals surface area contributed by atoms with Crippen molar-refractivity contribution in [2.24, 2.45) is 10.2 Å². The first kappa shape index (κ1) is 26.9. The third kappa shape index (κ3) is 7.04. The molecule has 0 bridgehead atoms. The lowest BCUT2D eigenvalue weighted by Gasteiger charge is -2.27. The van der Waals surface area contributed by atoms with Crippen LogP contribution in [0.15, 0.2) is 77.2 Å². The highest BCUT2D eigenvalue weighted by Gasteiger charge is 2.18. The molecule has 1 amide bonds. The predicted molar refractivity (Wildman–Crippen MR) is 148 cm³/mol. The fourth-order valence-electron chi connectivity index (χ4n) is 3.90. The van der Waals surface area contributed by atoms with E-state index in [2.05, 4.69) is 35.8 Å². The van der Waals surface area contributed by atoms with E-state index in [0.29, 0.717) is 59.6 Å². The number of pyridine rings is 1. The Labute approximate surface area is 233 Å². The number of rotatable bonds is 8. The fourth-order valence-corrected chi connectivity index (χ4v) is 4.14. The van der Waals surface area contributed by atoms with Crippen LogP contribution >= 0.6 is 11.6 Å². The van der Waals surface area contributed by atoms with E-state index in [4.69, 9.17) is 16.3 Å². The molecule has 0 spiro atoms. The second-order valence-electron chi connectivity index (χ2n) is 8.74. The number of carbonyl (C=O) groups excluding carboxylic acids is 1. The lowest BCUT2D eigenvalue weighted by molar-refractivity contribution is 0.102. The van der Waals surface area contributed by atoms with Gasteiger partial charge in [-0.05, 0) is 42.5 Å². The number of morpholine rings is 1. The zero-order valence-electron chi connectivity index (χ0n) is 21.1. The van der Waals surface area contributed by atoms with Gasteiger partial charge in [0, 0.05) is 41.1 Å². The van der Waals surface area contributed by atoms with Crippen LogP contribution in [-0.2, 0) is 11.3 Å². The maximum Gasteiger partial charge on any atom is 0.270 e. The van der Waals surface area contributed by atoms with Crippen LogP contribution in [0.2, 0.25) is 5.02 Å². The molecule has 1 aliphatic rings. The average Bonchev–Trinajstić information content (AvgIpc) is 2.95. The van der Waals surface area contributed by atoms with Crippen molar-refractivity contribution in [3.63, 3.8) is 0 Å². The number of nitrogens with one attached hydrogen (secondary N) is 2. The van der Waals surface area contributed by atoms with Gasteiger partial charge >= 0.3 is 0 Å². The highest BCUT2D eigenvalue weighted by molar-refractivity contribution is 6.31. The second-order valence-corrected chi connectivity index (χ2v) is 9.17. The average molecular weight is 563 g/mol. The van der Waals surface area contributed by atoms with Gasteiger partial charge in [-0.2, -0.15) is 10.1 Å². The van der Waals surface area contributed by atoms with E-state index in [1.165, 1.54) is 12.1 Å². The maximum atomic E-state index is 14.2. The maximum absolute atomic E-state index is 14.2. The van der Waals surface area contributed by atoms with Crippen LogP contribution in [0.5, 0.6) is 5.75 Å². The number of nitrogens with zero attached hydrogens (tertiary/aromatic N) is 6. The minimum Gasteiger partial charge on any atom is -0.508 e. The quantitative estimate of drug-likeness (QED) is 0.240. The van der Waals surface area contributed by atoms with Crippen molar-refractivity contribution in [3.8, 4) is 5.75 Å². The van der Waals surface area contributed by atoms with Gasteiger partial charge in [0.25, 0.3) is 11.9 Å². The molecule has 0 unspecified atom stereocenters. The molecule has 3 N–H and O–H groups in total. The molecule has 1 fully saturated rings. The van der Waals surface area contributed by atoms with Crippen molar-refractivity contribution >= 4 is 46.3 Å². The molecule has 40 heavy (non-hydrogen) atoms. The summed E-state index contributed by atoms with van der Waals surface area (Å²) in [6, 6.07) is 14.7. The molecule has 204 valence electrons. The number of aromatic hydroxyl groups is 1. The molecule has 3 heterocycles. The number of aromatic nitrogens is 3. The summed E-state index contributed by atoms with van der Waals surface area (Å²) in [6.45, 7) is 2.26. The molecule has 5 rings (SSSR count). The first-order chi connectivity index (χ1) is 19.4. The molecule has 0 atom stereocenters. The second kappa shape index (κ2) is 12.5. The molecule has 0 aliphatic carbocycles. The number of hydrogen-bond acceptors (Lipinski definition) is 10. The van der Waals surface area contributed by atoms with Gasteiger partial charge < -0.3 is 25.4 Å². The Morgan fingerprint density at radius 2 is 1.90 bits per heavy atom. The largest absolute Gasteiger partial charge is 0.508 e. The van der Waals surface area contributed by atoms with Crippen molar-refractivity contribution in [1.29, 1.82) is 0 Å². The van der Waals surface area contributed by atoms with Crippen LogP contribution in [0.1, 0.15) is 16.1 Å². The minimum atomic E-state index is -0.519. The number of phenolic OH excluding ortho intramolecular Hbond substituents is 1. The molecule has 2 aromatic carbocycles. The first-order valence-corrected chi connectivity index (χ1v) is 12.7. The molecular weight excluding hydrogens is 539 g/mol. The van der Waals surface area contributed by atoms with Crippen molar-refractivity contribution in [3.05, 3.63) is 89.1 Å². The summed E-state index contributed by atoms with van der Waals surface area (Å²) < 4.78 is 19.5. The summed E-state index contributed by atoms with van der Waals surface area (Å²) in [5.41, 5.74) is 2.69. The third-order valence-electron chi connectivity index (χ3n) is 5.79. The summed E-state index contributed by atoms with van der Waals surface area (Å²) in [6.07, 6.45) is 2.70. The number of halogens is 2. The van der Waals surface area contributed by atoms with Crippen LogP contribution < -0.4 is 15.5 Å². The van der Waals surface area contributed by atoms with E-state index in [9.17, 15) is 14.3 Å². The lowest BCUT2D eigenvalue weighted by Crippen LogP contribution is -2.37. The van der Waals surface area contributed by atoms with Crippen molar-refractivity contribution < 1.29 is 19.0 Å². The van der Waals surface area contributed by atoms with Crippen LogP contribution in [0, 0.1) is 5.82 Å². The summed E-state index contributed by atoms with van der Waals surface area (Å²) in [7, 11) is 0. The highest BCUT2D eigenvalue weighted by atomic mass is 35.5. The molecule has 0 saturated carbocycles. The van der Waals surface area contributed by atoms with Crippen LogP contribution in [0.4, 0.5) is 33.2 Å². The van der Waals surface area contributed by atoms with Gasteiger partial charge in [-0.3, -0.25) is 9.78 Å². The molecule has 1 saturated heterocycles. The topological polar surface area (TPSA) is 137 Å². The van der Waals surface area contributed by atoms with E-state index < -0.39 is 5.82 Å². The number of benzene rings is 2. The fraction of sp³-hybridized carbons (Fsp3) is 0.185. The molecule has 13 heteroatoms. The number of amides is 1. The van der Waals surface area contributed by atoms with Crippen LogP contribution in [-0.4, -0.2) is 52.3 Å². The van der Waals surface area contributed by atoms with E-state index in [1.807, 2.05) is 0 Å². The van der Waals surface area contributed by atoms with Gasteiger partial charge in [-0.1, -0.05) is 17.7 Å². The Balaban J connectivity index is 1.20. The number of ether oxygens (including phenoxy) is 1. The molecule has 2 aromatic heterocycles. The SMILES string of the molecule is O=C(Nc1cccc(O)c1)c1cc(Cl)cc(Nc2ccc(CN=Nc3ncc(F)c(N4CCOCC4)n3)nc2)c1. The van der Waals surface area contributed by atoms with Crippen molar-refractivity contribution in [2.75, 3.05) is 41.8 Å².